The van der Waals surface area contributed by atoms with E-state index in [-0.39, 0.29) is 5.91 Å². The summed E-state index contributed by atoms with van der Waals surface area (Å²) >= 11 is 6.33. The van der Waals surface area contributed by atoms with Crippen LogP contribution >= 0.6 is 11.6 Å². The lowest BCUT2D eigenvalue weighted by atomic mass is 10.0. The van der Waals surface area contributed by atoms with Crippen LogP contribution in [0.15, 0.2) is 65.4 Å². The molecule has 0 aliphatic rings. The van der Waals surface area contributed by atoms with Crippen LogP contribution in [0.3, 0.4) is 0 Å². The minimum atomic E-state index is -0.215. The van der Waals surface area contributed by atoms with Crippen molar-refractivity contribution < 1.29 is 9.21 Å². The molecule has 0 atom stereocenters. The van der Waals surface area contributed by atoms with E-state index in [0.717, 1.165) is 5.56 Å². The van der Waals surface area contributed by atoms with Crippen LogP contribution in [0.1, 0.15) is 5.76 Å². The summed E-state index contributed by atoms with van der Waals surface area (Å²) in [7, 11) is 6.02. The summed E-state index contributed by atoms with van der Waals surface area (Å²) < 4.78 is 6.77. The van der Waals surface area contributed by atoms with Gasteiger partial charge in [0.25, 0.3) is 0 Å². The summed E-state index contributed by atoms with van der Waals surface area (Å²) in [6.07, 6.45) is 6.13. The van der Waals surface area contributed by atoms with Gasteiger partial charge in [0.05, 0.1) is 12.0 Å². The fraction of sp³-hybridized carbons (Fsp3) is 0.0952. The fourth-order valence-electron chi connectivity index (χ4n) is 2.89. The van der Waals surface area contributed by atoms with Crippen LogP contribution in [0.2, 0.25) is 5.02 Å². The number of carbonyl (C=O) groups excluding carboxylic acids is 1. The number of halogens is 1. The second-order valence-electron chi connectivity index (χ2n) is 6.41. The number of nitrogens with one attached hydrogen (secondary N) is 2. The molecule has 0 aliphatic carbocycles. The summed E-state index contributed by atoms with van der Waals surface area (Å²) in [4.78, 5) is 16.5. The maximum absolute atomic E-state index is 11.9. The van der Waals surface area contributed by atoms with Crippen LogP contribution in [-0.4, -0.2) is 41.4 Å². The Balaban J connectivity index is 1.46. The molecular weight excluding hydrogens is 401 g/mol. The van der Waals surface area contributed by atoms with E-state index in [1.54, 1.807) is 41.3 Å². The van der Waals surface area contributed by atoms with Crippen LogP contribution in [-0.2, 0) is 4.79 Å². The van der Waals surface area contributed by atoms with Crippen molar-refractivity contribution >= 4 is 48.4 Å². The van der Waals surface area contributed by atoms with Gasteiger partial charge in [-0.3, -0.25) is 4.79 Å². The molecule has 0 spiro atoms. The smallest absolute Gasteiger partial charge is 0.244 e. The van der Waals surface area contributed by atoms with Crippen molar-refractivity contribution in [1.29, 1.82) is 0 Å². The quantitative estimate of drug-likeness (QED) is 0.274. The number of nitrogens with zero attached hydrogens (tertiary/aromatic N) is 3. The molecule has 2 N–H and O–H groups in total. The molecule has 1 aromatic carbocycles. The largest absolute Gasteiger partial charge is 0.465 e. The molecule has 4 aromatic rings. The standard InChI is InChI=1S/C21H17BClN5O2/c22-16-13-26-28-19(12-18(27-21(16)28)15-5-1-2-6-17(15)23)24-9-10-25-20(29)8-7-14-4-3-11-30-14/h1-8,11-13,24H,9-10H2,(H,25,29)/b8-7+. The van der Waals surface area contributed by atoms with E-state index in [9.17, 15) is 4.79 Å². The molecule has 0 fully saturated rings. The van der Waals surface area contributed by atoms with Crippen LogP contribution in [0.25, 0.3) is 23.0 Å². The number of amides is 1. The first-order valence-corrected chi connectivity index (χ1v) is 9.62. The Morgan fingerprint density at radius 2 is 2.10 bits per heavy atom. The maximum Gasteiger partial charge on any atom is 0.244 e. The number of rotatable bonds is 7. The second kappa shape index (κ2) is 8.88. The Morgan fingerprint density at radius 1 is 1.23 bits per heavy atom. The highest BCUT2D eigenvalue weighted by Crippen LogP contribution is 2.28. The van der Waals surface area contributed by atoms with E-state index in [4.69, 9.17) is 23.9 Å². The number of fused-ring (bicyclic) bond motifs is 1. The predicted molar refractivity (Wildman–Crippen MR) is 118 cm³/mol. The third-order valence-corrected chi connectivity index (χ3v) is 4.65. The molecular formula is C21H17BClN5O2. The molecule has 148 valence electrons. The minimum absolute atomic E-state index is 0.215. The highest BCUT2D eigenvalue weighted by atomic mass is 35.5. The SMILES string of the molecule is [B]c1cnn2c(NCCNC(=O)/C=C/c3ccco3)cc(-c3ccccc3Cl)nc12. The number of benzene rings is 1. The second-order valence-corrected chi connectivity index (χ2v) is 6.82. The molecule has 4 rings (SSSR count). The average Bonchev–Trinajstić information content (AvgIpc) is 3.40. The van der Waals surface area contributed by atoms with Gasteiger partial charge in [-0.1, -0.05) is 29.8 Å². The number of hydrogen-bond acceptors (Lipinski definition) is 5. The lowest BCUT2D eigenvalue weighted by Gasteiger charge is -2.12. The van der Waals surface area contributed by atoms with Crippen molar-refractivity contribution in [3.63, 3.8) is 0 Å². The number of furan rings is 1. The molecule has 0 bridgehead atoms. The maximum atomic E-state index is 11.9. The zero-order valence-electron chi connectivity index (χ0n) is 15.9. The monoisotopic (exact) mass is 417 g/mol. The highest BCUT2D eigenvalue weighted by Gasteiger charge is 2.12. The zero-order valence-corrected chi connectivity index (χ0v) is 16.6. The van der Waals surface area contributed by atoms with Gasteiger partial charge in [-0.15, -0.1) is 0 Å². The Hall–Kier alpha value is -3.52. The predicted octanol–water partition coefficient (Wildman–Crippen LogP) is 2.68. The first-order chi connectivity index (χ1) is 14.6. The Morgan fingerprint density at radius 3 is 2.90 bits per heavy atom. The van der Waals surface area contributed by atoms with E-state index in [0.29, 0.717) is 46.5 Å². The lowest BCUT2D eigenvalue weighted by Crippen LogP contribution is -2.27. The normalized spacial score (nSPS) is 11.2. The van der Waals surface area contributed by atoms with Gasteiger partial charge in [0, 0.05) is 42.0 Å². The van der Waals surface area contributed by atoms with Crippen molar-refractivity contribution in [1.82, 2.24) is 19.9 Å². The summed E-state index contributed by atoms with van der Waals surface area (Å²) in [5, 5.41) is 10.9. The van der Waals surface area contributed by atoms with E-state index in [2.05, 4.69) is 20.7 Å². The van der Waals surface area contributed by atoms with Gasteiger partial charge in [-0.05, 0) is 29.7 Å². The summed E-state index contributed by atoms with van der Waals surface area (Å²) in [5.74, 6) is 1.09. The molecule has 30 heavy (non-hydrogen) atoms. The zero-order chi connectivity index (χ0) is 20.9. The molecule has 1 amide bonds. The fourth-order valence-corrected chi connectivity index (χ4v) is 3.12. The minimum Gasteiger partial charge on any atom is -0.465 e. The van der Waals surface area contributed by atoms with Crippen LogP contribution in [0.5, 0.6) is 0 Å². The first kappa shape index (κ1) is 19.8. The Labute approximate surface area is 179 Å². The van der Waals surface area contributed by atoms with Crippen molar-refractivity contribution in [2.24, 2.45) is 0 Å². The van der Waals surface area contributed by atoms with Gasteiger partial charge < -0.3 is 15.1 Å². The third kappa shape index (κ3) is 4.39. The molecule has 0 unspecified atom stereocenters. The number of hydrogen-bond donors (Lipinski definition) is 2. The van der Waals surface area contributed by atoms with Gasteiger partial charge in [0.1, 0.15) is 19.4 Å². The topological polar surface area (TPSA) is 84.5 Å². The first-order valence-electron chi connectivity index (χ1n) is 9.24. The highest BCUT2D eigenvalue weighted by molar-refractivity contribution is 6.36. The summed E-state index contributed by atoms with van der Waals surface area (Å²) in [6, 6.07) is 12.8. The molecule has 0 aliphatic heterocycles. The van der Waals surface area contributed by atoms with Crippen molar-refractivity contribution in [3.8, 4) is 11.3 Å². The molecule has 3 heterocycles. The molecule has 7 nitrogen and oxygen atoms in total. The van der Waals surface area contributed by atoms with Gasteiger partial charge in [0.15, 0.2) is 5.65 Å². The van der Waals surface area contributed by atoms with Crippen molar-refractivity contribution in [2.45, 2.75) is 0 Å². The van der Waals surface area contributed by atoms with E-state index >= 15 is 0 Å². The van der Waals surface area contributed by atoms with Crippen LogP contribution in [0, 0.1) is 0 Å². The Bertz CT molecular complexity index is 1200. The summed E-state index contributed by atoms with van der Waals surface area (Å²) in [5.41, 5.74) is 2.46. The van der Waals surface area contributed by atoms with Gasteiger partial charge in [0.2, 0.25) is 5.91 Å². The van der Waals surface area contributed by atoms with Crippen molar-refractivity contribution in [3.05, 3.63) is 71.8 Å². The third-order valence-electron chi connectivity index (χ3n) is 4.32. The molecule has 0 saturated heterocycles. The molecule has 9 heteroatoms. The van der Waals surface area contributed by atoms with E-state index in [1.807, 2.05) is 24.3 Å². The van der Waals surface area contributed by atoms with Crippen LogP contribution in [0.4, 0.5) is 5.82 Å². The molecule has 0 saturated carbocycles. The number of carbonyl (C=O) groups is 1. The molecule has 2 radical (unpaired) electrons. The van der Waals surface area contributed by atoms with E-state index < -0.39 is 0 Å². The van der Waals surface area contributed by atoms with Crippen LogP contribution < -0.4 is 16.1 Å². The van der Waals surface area contributed by atoms with Gasteiger partial charge in [-0.25, -0.2) is 4.98 Å². The summed E-state index contributed by atoms with van der Waals surface area (Å²) in [6.45, 7) is 0.879. The van der Waals surface area contributed by atoms with Crippen molar-refractivity contribution in [2.75, 3.05) is 18.4 Å². The lowest BCUT2D eigenvalue weighted by molar-refractivity contribution is -0.116. The number of anilines is 1. The van der Waals surface area contributed by atoms with Gasteiger partial charge in [-0.2, -0.15) is 9.61 Å². The number of aromatic nitrogens is 3. The average molecular weight is 418 g/mol. The van der Waals surface area contributed by atoms with E-state index in [1.165, 1.54) is 6.08 Å². The molecule has 3 aromatic heterocycles. The Kier molecular flexibility index (Phi) is 5.86. The van der Waals surface area contributed by atoms with Gasteiger partial charge >= 0.3 is 0 Å².